The Morgan fingerprint density at radius 1 is 1.52 bits per heavy atom. The quantitative estimate of drug-likeness (QED) is 0.608. The van der Waals surface area contributed by atoms with E-state index >= 15 is 0 Å². The number of ketones is 1. The molecule has 4 N–H and O–H groups in total. The van der Waals surface area contributed by atoms with Crippen LogP contribution in [0.1, 0.15) is 35.3 Å². The lowest BCUT2D eigenvalue weighted by Gasteiger charge is -2.13. The summed E-state index contributed by atoms with van der Waals surface area (Å²) in [5.41, 5.74) is 7.96. The Bertz CT molecular complexity index is 499. The minimum absolute atomic E-state index is 0.0994. The molecule has 0 saturated carbocycles. The van der Waals surface area contributed by atoms with Crippen molar-refractivity contribution in [2.24, 2.45) is 16.6 Å². The summed E-state index contributed by atoms with van der Waals surface area (Å²) >= 11 is 1.85. The van der Waals surface area contributed by atoms with E-state index in [1.807, 2.05) is 18.0 Å². The number of carbonyl (C=O) groups excluding carboxylic acids is 1. The zero-order chi connectivity index (χ0) is 15.1. The van der Waals surface area contributed by atoms with Crippen LogP contribution in [0.15, 0.2) is 11.2 Å². The number of aromatic nitrogens is 1. The summed E-state index contributed by atoms with van der Waals surface area (Å²) in [7, 11) is 0. The summed E-state index contributed by atoms with van der Waals surface area (Å²) in [5, 5.41) is 9.46. The van der Waals surface area contributed by atoms with Crippen molar-refractivity contribution in [1.82, 2.24) is 4.98 Å². The third-order valence-corrected chi connectivity index (χ3v) is 4.92. The Hall–Kier alpha value is -1.11. The van der Waals surface area contributed by atoms with Gasteiger partial charge in [-0.2, -0.15) is 11.8 Å². The van der Waals surface area contributed by atoms with Gasteiger partial charge in [-0.15, -0.1) is 0 Å². The number of rotatable bonds is 9. The molecule has 1 aliphatic heterocycles. The van der Waals surface area contributed by atoms with Crippen LogP contribution < -0.4 is 5.73 Å². The molecule has 0 spiro atoms. The summed E-state index contributed by atoms with van der Waals surface area (Å²) in [5.74, 6) is 2.38. The Kier molecular flexibility index (Phi) is 6.48. The molecule has 1 aromatic rings. The SMILES string of the molecule is NCCCSC[C@@H](CO)CCc1c[nH]c2c1N=CCC2=O. The number of carbonyl (C=O) groups is 1. The number of aliphatic imine (C=N–C) groups is 1. The van der Waals surface area contributed by atoms with Crippen molar-refractivity contribution in [3.63, 3.8) is 0 Å². The highest BCUT2D eigenvalue weighted by atomic mass is 32.2. The number of Topliss-reactive ketones (excluding diaryl/α,β-unsaturated/α-hetero) is 1. The molecule has 1 aromatic heterocycles. The minimum atomic E-state index is 0.0994. The number of nitrogens with zero attached hydrogens (tertiary/aromatic N) is 1. The van der Waals surface area contributed by atoms with Gasteiger partial charge in [0.15, 0.2) is 5.78 Å². The zero-order valence-electron chi connectivity index (χ0n) is 12.2. The summed E-state index contributed by atoms with van der Waals surface area (Å²) < 4.78 is 0. The van der Waals surface area contributed by atoms with Crippen LogP contribution in [0.2, 0.25) is 0 Å². The second-order valence-electron chi connectivity index (χ2n) is 5.28. The van der Waals surface area contributed by atoms with Gasteiger partial charge in [-0.25, -0.2) is 0 Å². The molecule has 0 radical (unpaired) electrons. The number of H-pyrrole nitrogens is 1. The number of aryl methyl sites for hydroxylation is 1. The zero-order valence-corrected chi connectivity index (χ0v) is 13.0. The van der Waals surface area contributed by atoms with Crippen molar-refractivity contribution >= 4 is 29.4 Å². The number of nitrogens with two attached hydrogens (primary N) is 1. The number of aliphatic hydroxyl groups excluding tert-OH is 1. The molecule has 1 atom stereocenters. The first-order valence-corrected chi connectivity index (χ1v) is 8.56. The maximum Gasteiger partial charge on any atom is 0.186 e. The van der Waals surface area contributed by atoms with Gasteiger partial charge in [0.25, 0.3) is 0 Å². The normalized spacial score (nSPS) is 15.2. The first kappa shape index (κ1) is 16.3. The largest absolute Gasteiger partial charge is 0.396 e. The number of nitrogens with one attached hydrogen (secondary N) is 1. The van der Waals surface area contributed by atoms with E-state index in [1.165, 1.54) is 0 Å². The van der Waals surface area contributed by atoms with E-state index < -0.39 is 0 Å². The van der Waals surface area contributed by atoms with Crippen molar-refractivity contribution in [1.29, 1.82) is 0 Å². The van der Waals surface area contributed by atoms with E-state index in [0.29, 0.717) is 12.1 Å². The number of hydrogen-bond donors (Lipinski definition) is 3. The van der Waals surface area contributed by atoms with Crippen molar-refractivity contribution in [2.45, 2.75) is 25.7 Å². The molecular weight excluding hydrogens is 286 g/mol. The molecule has 0 unspecified atom stereocenters. The van der Waals surface area contributed by atoms with Crippen LogP contribution in [-0.2, 0) is 6.42 Å². The topological polar surface area (TPSA) is 91.5 Å². The first-order chi connectivity index (χ1) is 10.3. The highest BCUT2D eigenvalue weighted by Gasteiger charge is 2.20. The number of hydrogen-bond acceptors (Lipinski definition) is 5. The van der Waals surface area contributed by atoms with Gasteiger partial charge in [-0.3, -0.25) is 9.79 Å². The molecule has 0 fully saturated rings. The van der Waals surface area contributed by atoms with Gasteiger partial charge in [-0.05, 0) is 48.8 Å². The molecule has 1 aliphatic rings. The standard InChI is InChI=1S/C15H23N3O2S/c16-5-1-7-21-10-11(9-19)2-3-12-8-18-15-13(20)4-6-17-14(12)15/h6,8,11,18-19H,1-5,7,9-10,16H2/t11-/m1/s1. The van der Waals surface area contributed by atoms with Crippen LogP contribution in [0.5, 0.6) is 0 Å². The molecule has 0 saturated heterocycles. The van der Waals surface area contributed by atoms with Crippen molar-refractivity contribution in [2.75, 3.05) is 24.7 Å². The van der Waals surface area contributed by atoms with E-state index in [0.717, 1.165) is 48.6 Å². The Labute approximate surface area is 129 Å². The van der Waals surface area contributed by atoms with Gasteiger partial charge in [0.1, 0.15) is 5.69 Å². The van der Waals surface area contributed by atoms with Gasteiger partial charge < -0.3 is 15.8 Å². The maximum atomic E-state index is 11.7. The third-order valence-electron chi connectivity index (χ3n) is 3.63. The molecule has 0 aliphatic carbocycles. The lowest BCUT2D eigenvalue weighted by Crippen LogP contribution is -2.11. The lowest BCUT2D eigenvalue weighted by molar-refractivity contribution is 0.0997. The molecule has 2 rings (SSSR count). The highest BCUT2D eigenvalue weighted by Crippen LogP contribution is 2.29. The monoisotopic (exact) mass is 309 g/mol. The molecule has 0 aromatic carbocycles. The van der Waals surface area contributed by atoms with Crippen molar-refractivity contribution < 1.29 is 9.90 Å². The molecule has 2 heterocycles. The predicted molar refractivity (Wildman–Crippen MR) is 87.8 cm³/mol. The second kappa shape index (κ2) is 8.36. The van der Waals surface area contributed by atoms with E-state index in [4.69, 9.17) is 5.73 Å². The van der Waals surface area contributed by atoms with Crippen LogP contribution in [0.4, 0.5) is 5.69 Å². The first-order valence-electron chi connectivity index (χ1n) is 7.41. The van der Waals surface area contributed by atoms with Crippen molar-refractivity contribution in [3.05, 3.63) is 17.5 Å². The molecular formula is C15H23N3O2S. The number of thioether (sulfide) groups is 1. The Morgan fingerprint density at radius 2 is 2.38 bits per heavy atom. The van der Waals surface area contributed by atoms with Gasteiger partial charge in [0, 0.05) is 25.4 Å². The minimum Gasteiger partial charge on any atom is -0.396 e. The molecule has 116 valence electrons. The fourth-order valence-corrected chi connectivity index (χ4v) is 3.49. The van der Waals surface area contributed by atoms with Crippen molar-refractivity contribution in [3.8, 4) is 0 Å². The van der Waals surface area contributed by atoms with E-state index in [2.05, 4.69) is 9.98 Å². The van der Waals surface area contributed by atoms with Gasteiger partial charge in [0.2, 0.25) is 0 Å². The van der Waals surface area contributed by atoms with E-state index in [1.54, 1.807) is 6.21 Å². The van der Waals surface area contributed by atoms with Gasteiger partial charge in [0.05, 0.1) is 5.69 Å². The van der Waals surface area contributed by atoms with E-state index in [9.17, 15) is 9.90 Å². The van der Waals surface area contributed by atoms with E-state index in [-0.39, 0.29) is 18.3 Å². The van der Waals surface area contributed by atoms with Gasteiger partial charge >= 0.3 is 0 Å². The van der Waals surface area contributed by atoms with Crippen LogP contribution in [0.25, 0.3) is 0 Å². The summed E-state index contributed by atoms with van der Waals surface area (Å²) in [6, 6.07) is 0. The maximum absolute atomic E-state index is 11.7. The third kappa shape index (κ3) is 4.43. The predicted octanol–water partition coefficient (Wildman–Crippen LogP) is 1.93. The smallest absolute Gasteiger partial charge is 0.186 e. The number of aliphatic hydroxyl groups is 1. The molecule has 21 heavy (non-hydrogen) atoms. The van der Waals surface area contributed by atoms with Crippen LogP contribution >= 0.6 is 11.8 Å². The van der Waals surface area contributed by atoms with Crippen LogP contribution in [-0.4, -0.2) is 46.7 Å². The van der Waals surface area contributed by atoms with Gasteiger partial charge in [-0.1, -0.05) is 0 Å². The average Bonchev–Trinajstić information content (AvgIpc) is 2.91. The number of fused-ring (bicyclic) bond motifs is 1. The average molecular weight is 309 g/mol. The fraction of sp³-hybridized carbons (Fsp3) is 0.600. The summed E-state index contributed by atoms with van der Waals surface area (Å²) in [6.07, 6.45) is 6.68. The lowest BCUT2D eigenvalue weighted by atomic mass is 10.0. The fourth-order valence-electron chi connectivity index (χ4n) is 2.35. The van der Waals surface area contributed by atoms with Crippen LogP contribution in [0, 0.1) is 5.92 Å². The molecule has 0 bridgehead atoms. The Morgan fingerprint density at radius 3 is 3.14 bits per heavy atom. The highest BCUT2D eigenvalue weighted by molar-refractivity contribution is 7.99. The summed E-state index contributed by atoms with van der Waals surface area (Å²) in [4.78, 5) is 19.1. The van der Waals surface area contributed by atoms with Crippen LogP contribution in [0.3, 0.4) is 0 Å². The molecule has 6 heteroatoms. The second-order valence-corrected chi connectivity index (χ2v) is 6.43. The summed E-state index contributed by atoms with van der Waals surface area (Å²) in [6.45, 7) is 0.919. The Balaban J connectivity index is 1.85. The molecule has 0 amide bonds. The molecule has 5 nitrogen and oxygen atoms in total. The number of aromatic amines is 1.